The largest absolute Gasteiger partial charge is 0.280 e. The van der Waals surface area contributed by atoms with Crippen LogP contribution in [0.1, 0.15) is 6.42 Å². The summed E-state index contributed by atoms with van der Waals surface area (Å²) in [7, 11) is 0. The number of aromatic nitrogens is 3. The lowest BCUT2D eigenvalue weighted by atomic mass is 10.1. The van der Waals surface area contributed by atoms with Crippen LogP contribution in [0.3, 0.4) is 0 Å². The number of terminal acetylenes is 1. The molecule has 1 saturated heterocycles. The molecule has 0 aromatic carbocycles. The molecule has 1 fully saturated rings. The third-order valence-corrected chi connectivity index (χ3v) is 2.02. The summed E-state index contributed by atoms with van der Waals surface area (Å²) in [6.45, 7) is 0.532. The lowest BCUT2D eigenvalue weighted by Gasteiger charge is -2.10. The van der Waals surface area contributed by atoms with Crippen molar-refractivity contribution in [3.63, 3.8) is 0 Å². The number of carbonyl (C=O) groups is 1. The minimum atomic E-state index is -0.00222. The summed E-state index contributed by atoms with van der Waals surface area (Å²) in [5.74, 6) is 3.03. The molecule has 0 spiro atoms. The Morgan fingerprint density at radius 3 is 3.15 bits per heavy atom. The first-order valence-electron chi connectivity index (χ1n) is 3.93. The number of aromatic amines is 1. The molecule has 0 bridgehead atoms. The van der Waals surface area contributed by atoms with Crippen LogP contribution in [0.4, 0.5) is 5.95 Å². The Balaban J connectivity index is 2.19. The molecular weight excluding hydrogens is 168 g/mol. The molecule has 5 nitrogen and oxygen atoms in total. The van der Waals surface area contributed by atoms with Crippen molar-refractivity contribution in [3.05, 3.63) is 6.33 Å². The molecule has 66 valence electrons. The minimum absolute atomic E-state index is 0.000278. The highest BCUT2D eigenvalue weighted by atomic mass is 16.2. The highest BCUT2D eigenvalue weighted by Crippen LogP contribution is 2.20. The van der Waals surface area contributed by atoms with E-state index in [-0.39, 0.29) is 11.8 Å². The van der Waals surface area contributed by atoms with Crippen LogP contribution >= 0.6 is 0 Å². The number of nitrogens with zero attached hydrogens (tertiary/aromatic N) is 3. The third kappa shape index (κ3) is 1.26. The number of nitrogens with one attached hydrogen (secondary N) is 1. The molecule has 1 atom stereocenters. The van der Waals surface area contributed by atoms with Gasteiger partial charge >= 0.3 is 0 Å². The lowest BCUT2D eigenvalue weighted by molar-refractivity contribution is -0.117. The van der Waals surface area contributed by atoms with Gasteiger partial charge in [-0.3, -0.25) is 9.69 Å². The molecule has 1 N–H and O–H groups in total. The first-order chi connectivity index (χ1) is 6.31. The molecule has 1 unspecified atom stereocenters. The number of amides is 1. The zero-order chi connectivity index (χ0) is 9.26. The Morgan fingerprint density at radius 1 is 1.77 bits per heavy atom. The molecule has 1 aliphatic heterocycles. The van der Waals surface area contributed by atoms with Gasteiger partial charge in [-0.15, -0.1) is 12.3 Å². The molecule has 0 radical (unpaired) electrons. The standard InChI is InChI=1S/C8H8N4O/c1-2-6-3-7(13)12(4-6)8-9-5-10-11-8/h1,5-6H,3-4H2,(H,9,10,11). The SMILES string of the molecule is C#CC1CC(=O)N(c2ncn[nH]2)C1. The minimum Gasteiger partial charge on any atom is -0.280 e. The van der Waals surface area contributed by atoms with Crippen LogP contribution in [0.5, 0.6) is 0 Å². The molecule has 1 aliphatic rings. The van der Waals surface area contributed by atoms with Gasteiger partial charge in [0.2, 0.25) is 11.9 Å². The summed E-state index contributed by atoms with van der Waals surface area (Å²) in [5.41, 5.74) is 0. The Bertz CT molecular complexity index is 351. The zero-order valence-corrected chi connectivity index (χ0v) is 6.90. The van der Waals surface area contributed by atoms with Crippen molar-refractivity contribution in [2.75, 3.05) is 11.4 Å². The zero-order valence-electron chi connectivity index (χ0n) is 6.90. The molecule has 2 heterocycles. The maximum Gasteiger partial charge on any atom is 0.230 e. The highest BCUT2D eigenvalue weighted by Gasteiger charge is 2.30. The van der Waals surface area contributed by atoms with E-state index in [4.69, 9.17) is 6.42 Å². The molecule has 0 saturated carbocycles. The van der Waals surface area contributed by atoms with Gasteiger partial charge in [0.15, 0.2) is 0 Å². The second-order valence-corrected chi connectivity index (χ2v) is 2.88. The number of rotatable bonds is 1. The van der Waals surface area contributed by atoms with Gasteiger partial charge < -0.3 is 0 Å². The van der Waals surface area contributed by atoms with Crippen LogP contribution in [0.2, 0.25) is 0 Å². The van der Waals surface area contributed by atoms with E-state index in [2.05, 4.69) is 21.1 Å². The van der Waals surface area contributed by atoms with Crippen molar-refractivity contribution < 1.29 is 4.79 Å². The smallest absolute Gasteiger partial charge is 0.230 e. The quantitative estimate of drug-likeness (QED) is 0.602. The van der Waals surface area contributed by atoms with Gasteiger partial charge in [0.05, 0.1) is 0 Å². The van der Waals surface area contributed by atoms with Gasteiger partial charge in [0.25, 0.3) is 0 Å². The number of carbonyl (C=O) groups excluding carboxylic acids is 1. The molecule has 1 amide bonds. The van der Waals surface area contributed by atoms with Crippen LogP contribution < -0.4 is 4.90 Å². The Labute approximate surface area is 75.2 Å². The molecule has 0 aliphatic carbocycles. The first-order valence-corrected chi connectivity index (χ1v) is 3.93. The average Bonchev–Trinajstić information content (AvgIpc) is 2.72. The van der Waals surface area contributed by atoms with Gasteiger partial charge in [0.1, 0.15) is 6.33 Å². The maximum atomic E-state index is 11.4. The third-order valence-electron chi connectivity index (χ3n) is 2.02. The van der Waals surface area contributed by atoms with E-state index in [1.54, 1.807) is 0 Å². The van der Waals surface area contributed by atoms with E-state index in [1.807, 2.05) is 0 Å². The number of hydrogen-bond acceptors (Lipinski definition) is 3. The normalized spacial score (nSPS) is 21.9. The number of anilines is 1. The van der Waals surface area contributed by atoms with Crippen LogP contribution in [-0.4, -0.2) is 27.6 Å². The topological polar surface area (TPSA) is 61.9 Å². The summed E-state index contributed by atoms with van der Waals surface area (Å²) in [6.07, 6.45) is 7.00. The van der Waals surface area contributed by atoms with E-state index in [0.29, 0.717) is 18.9 Å². The van der Waals surface area contributed by atoms with Crippen molar-refractivity contribution in [2.24, 2.45) is 5.92 Å². The Morgan fingerprint density at radius 2 is 2.62 bits per heavy atom. The van der Waals surface area contributed by atoms with Gasteiger partial charge in [-0.2, -0.15) is 10.1 Å². The van der Waals surface area contributed by atoms with Crippen molar-refractivity contribution in [1.29, 1.82) is 0 Å². The molecule has 2 rings (SSSR count). The van der Waals surface area contributed by atoms with Crippen LogP contribution in [-0.2, 0) is 4.79 Å². The van der Waals surface area contributed by atoms with Crippen molar-refractivity contribution in [2.45, 2.75) is 6.42 Å². The number of H-pyrrole nitrogens is 1. The first kappa shape index (κ1) is 7.80. The molecular formula is C8H8N4O. The second kappa shape index (κ2) is 2.90. The highest BCUT2D eigenvalue weighted by molar-refractivity contribution is 5.94. The van der Waals surface area contributed by atoms with Crippen molar-refractivity contribution in [3.8, 4) is 12.3 Å². The Hall–Kier alpha value is -1.83. The van der Waals surface area contributed by atoms with E-state index in [9.17, 15) is 4.79 Å². The maximum absolute atomic E-state index is 11.4. The fourth-order valence-electron chi connectivity index (χ4n) is 1.35. The van der Waals surface area contributed by atoms with Gasteiger partial charge in [-0.25, -0.2) is 5.10 Å². The van der Waals surface area contributed by atoms with E-state index in [0.717, 1.165) is 0 Å². The second-order valence-electron chi connectivity index (χ2n) is 2.88. The fourth-order valence-corrected chi connectivity index (χ4v) is 1.35. The van der Waals surface area contributed by atoms with Crippen LogP contribution in [0.15, 0.2) is 6.33 Å². The summed E-state index contributed by atoms with van der Waals surface area (Å²) in [6, 6.07) is 0. The fraction of sp³-hybridized carbons (Fsp3) is 0.375. The summed E-state index contributed by atoms with van der Waals surface area (Å²) in [5, 5.41) is 6.30. The van der Waals surface area contributed by atoms with E-state index >= 15 is 0 Å². The number of hydrogen-bond donors (Lipinski definition) is 1. The van der Waals surface area contributed by atoms with Gasteiger partial charge in [-0.1, -0.05) is 0 Å². The van der Waals surface area contributed by atoms with Gasteiger partial charge in [-0.05, 0) is 0 Å². The van der Waals surface area contributed by atoms with Crippen LogP contribution in [0.25, 0.3) is 0 Å². The summed E-state index contributed by atoms with van der Waals surface area (Å²) >= 11 is 0. The van der Waals surface area contributed by atoms with E-state index < -0.39 is 0 Å². The molecule has 1 aromatic rings. The van der Waals surface area contributed by atoms with Crippen LogP contribution in [0, 0.1) is 18.3 Å². The molecule has 1 aromatic heterocycles. The summed E-state index contributed by atoms with van der Waals surface area (Å²) < 4.78 is 0. The predicted octanol–water partition coefficient (Wildman–Crippen LogP) is -0.209. The lowest BCUT2D eigenvalue weighted by Crippen LogP contribution is -2.25. The monoisotopic (exact) mass is 176 g/mol. The predicted molar refractivity (Wildman–Crippen MR) is 45.7 cm³/mol. The van der Waals surface area contributed by atoms with Gasteiger partial charge in [0, 0.05) is 18.9 Å². The average molecular weight is 176 g/mol. The molecule has 13 heavy (non-hydrogen) atoms. The van der Waals surface area contributed by atoms with Crippen molar-refractivity contribution in [1.82, 2.24) is 15.2 Å². The Kier molecular flexibility index (Phi) is 1.74. The molecule has 5 heteroatoms. The van der Waals surface area contributed by atoms with Crippen molar-refractivity contribution >= 4 is 11.9 Å². The van der Waals surface area contributed by atoms with E-state index in [1.165, 1.54) is 11.2 Å². The summed E-state index contributed by atoms with van der Waals surface area (Å²) in [4.78, 5) is 16.8.